The minimum absolute atomic E-state index is 0.0471. The Bertz CT molecular complexity index is 603. The monoisotopic (exact) mass is 336 g/mol. The van der Waals surface area contributed by atoms with Gasteiger partial charge in [-0.25, -0.2) is 8.78 Å². The first-order valence-electron chi connectivity index (χ1n) is 5.90. The Labute approximate surface area is 124 Å². The standard InChI is InChI=1S/C15H11BrF2N2/c16-12-5-7-13(8-6-12)20-14(9-19)10-1-3-11(4-2-10)15(17)18/h1-8,14-15,20H. The van der Waals surface area contributed by atoms with Gasteiger partial charge < -0.3 is 5.32 Å². The van der Waals surface area contributed by atoms with Crippen LogP contribution in [0.1, 0.15) is 23.6 Å². The summed E-state index contributed by atoms with van der Waals surface area (Å²) in [5.41, 5.74) is 1.39. The van der Waals surface area contributed by atoms with Crippen LogP contribution in [-0.2, 0) is 0 Å². The van der Waals surface area contributed by atoms with Crippen LogP contribution in [0.5, 0.6) is 0 Å². The quantitative estimate of drug-likeness (QED) is 0.846. The third-order valence-electron chi connectivity index (χ3n) is 2.81. The van der Waals surface area contributed by atoms with Gasteiger partial charge in [0, 0.05) is 15.7 Å². The van der Waals surface area contributed by atoms with Crippen molar-refractivity contribution in [3.63, 3.8) is 0 Å². The number of halogens is 3. The van der Waals surface area contributed by atoms with E-state index in [0.29, 0.717) is 5.56 Å². The fourth-order valence-corrected chi connectivity index (χ4v) is 2.00. The van der Waals surface area contributed by atoms with E-state index in [0.717, 1.165) is 10.2 Å². The van der Waals surface area contributed by atoms with Gasteiger partial charge in [0.25, 0.3) is 6.43 Å². The van der Waals surface area contributed by atoms with E-state index in [1.165, 1.54) is 12.1 Å². The van der Waals surface area contributed by atoms with Crippen molar-refractivity contribution < 1.29 is 8.78 Å². The third kappa shape index (κ3) is 3.55. The largest absolute Gasteiger partial charge is 0.366 e. The molecule has 2 nitrogen and oxygen atoms in total. The summed E-state index contributed by atoms with van der Waals surface area (Å²) >= 11 is 3.33. The van der Waals surface area contributed by atoms with Gasteiger partial charge in [0.05, 0.1) is 6.07 Å². The van der Waals surface area contributed by atoms with Crippen molar-refractivity contribution in [1.82, 2.24) is 0 Å². The summed E-state index contributed by atoms with van der Waals surface area (Å²) in [6, 6.07) is 14.7. The van der Waals surface area contributed by atoms with E-state index in [-0.39, 0.29) is 5.56 Å². The van der Waals surface area contributed by atoms with Gasteiger partial charge in [0.1, 0.15) is 6.04 Å². The minimum atomic E-state index is -2.50. The molecule has 0 radical (unpaired) electrons. The van der Waals surface area contributed by atoms with E-state index in [1.807, 2.05) is 24.3 Å². The lowest BCUT2D eigenvalue weighted by Gasteiger charge is -2.14. The van der Waals surface area contributed by atoms with Crippen molar-refractivity contribution in [2.75, 3.05) is 5.32 Å². The molecule has 0 aliphatic rings. The Hall–Kier alpha value is -1.93. The third-order valence-corrected chi connectivity index (χ3v) is 3.33. The number of anilines is 1. The van der Waals surface area contributed by atoms with Crippen LogP contribution in [0.4, 0.5) is 14.5 Å². The van der Waals surface area contributed by atoms with E-state index < -0.39 is 12.5 Å². The molecule has 0 heterocycles. The molecule has 0 saturated heterocycles. The summed E-state index contributed by atoms with van der Waals surface area (Å²) in [5, 5.41) is 12.3. The molecule has 0 bridgehead atoms. The Morgan fingerprint density at radius 1 is 0.950 bits per heavy atom. The molecule has 2 aromatic rings. The summed E-state index contributed by atoms with van der Waals surface area (Å²) in [6.45, 7) is 0. The number of alkyl halides is 2. The predicted octanol–water partition coefficient (Wildman–Crippen LogP) is 5.06. The fourth-order valence-electron chi connectivity index (χ4n) is 1.74. The Kier molecular flexibility index (Phi) is 4.70. The number of hydrogen-bond donors (Lipinski definition) is 1. The van der Waals surface area contributed by atoms with E-state index in [1.54, 1.807) is 12.1 Å². The lowest BCUT2D eigenvalue weighted by Crippen LogP contribution is -2.08. The van der Waals surface area contributed by atoms with Crippen LogP contribution in [0, 0.1) is 11.3 Å². The van der Waals surface area contributed by atoms with Crippen molar-refractivity contribution in [2.45, 2.75) is 12.5 Å². The maximum atomic E-state index is 12.5. The number of nitriles is 1. The lowest BCUT2D eigenvalue weighted by molar-refractivity contribution is 0.151. The molecule has 0 aromatic heterocycles. The number of hydrogen-bond acceptors (Lipinski definition) is 2. The van der Waals surface area contributed by atoms with Gasteiger partial charge in [-0.3, -0.25) is 0 Å². The molecule has 0 aliphatic heterocycles. The van der Waals surface area contributed by atoms with Crippen LogP contribution in [0.25, 0.3) is 0 Å². The van der Waals surface area contributed by atoms with E-state index in [9.17, 15) is 14.0 Å². The van der Waals surface area contributed by atoms with Gasteiger partial charge in [-0.2, -0.15) is 5.26 Å². The zero-order valence-corrected chi connectivity index (χ0v) is 11.9. The molecule has 1 unspecified atom stereocenters. The molecular formula is C15H11BrF2N2. The van der Waals surface area contributed by atoms with Crippen molar-refractivity contribution in [3.05, 3.63) is 64.1 Å². The SMILES string of the molecule is N#CC(Nc1ccc(Br)cc1)c1ccc(C(F)F)cc1. The molecule has 1 N–H and O–H groups in total. The molecule has 0 saturated carbocycles. The first-order chi connectivity index (χ1) is 9.60. The minimum Gasteiger partial charge on any atom is -0.366 e. The van der Waals surface area contributed by atoms with Crippen LogP contribution in [0.15, 0.2) is 53.0 Å². The Morgan fingerprint density at radius 3 is 2.00 bits per heavy atom. The van der Waals surface area contributed by atoms with Gasteiger partial charge in [0.2, 0.25) is 0 Å². The summed E-state index contributed by atoms with van der Waals surface area (Å²) in [7, 11) is 0. The second-order valence-electron chi connectivity index (χ2n) is 4.18. The zero-order valence-electron chi connectivity index (χ0n) is 10.4. The summed E-state index contributed by atoms with van der Waals surface area (Å²) in [4.78, 5) is 0. The van der Waals surface area contributed by atoms with Crippen LogP contribution in [-0.4, -0.2) is 0 Å². The normalized spacial score (nSPS) is 11.9. The van der Waals surface area contributed by atoms with Gasteiger partial charge in [0.15, 0.2) is 0 Å². The average molecular weight is 337 g/mol. The number of nitrogens with zero attached hydrogens (tertiary/aromatic N) is 1. The second-order valence-corrected chi connectivity index (χ2v) is 5.10. The van der Waals surface area contributed by atoms with Crippen molar-refractivity contribution in [1.29, 1.82) is 5.26 Å². The van der Waals surface area contributed by atoms with Gasteiger partial charge in [-0.05, 0) is 29.8 Å². The number of benzene rings is 2. The molecule has 102 valence electrons. The van der Waals surface area contributed by atoms with Crippen LogP contribution < -0.4 is 5.32 Å². The second kappa shape index (κ2) is 6.49. The van der Waals surface area contributed by atoms with Crippen molar-refractivity contribution in [2.24, 2.45) is 0 Å². The molecule has 20 heavy (non-hydrogen) atoms. The highest BCUT2D eigenvalue weighted by Gasteiger charge is 2.12. The molecule has 2 aromatic carbocycles. The molecule has 1 atom stereocenters. The maximum Gasteiger partial charge on any atom is 0.263 e. The Morgan fingerprint density at radius 2 is 1.50 bits per heavy atom. The molecule has 0 amide bonds. The highest BCUT2D eigenvalue weighted by atomic mass is 79.9. The van der Waals surface area contributed by atoms with Crippen molar-refractivity contribution >= 4 is 21.6 Å². The Balaban J connectivity index is 2.16. The average Bonchev–Trinajstić information content (AvgIpc) is 2.47. The van der Waals surface area contributed by atoms with E-state index in [2.05, 4.69) is 27.3 Å². The molecule has 0 aliphatic carbocycles. The summed E-state index contributed by atoms with van der Waals surface area (Å²) < 4.78 is 25.9. The highest BCUT2D eigenvalue weighted by Crippen LogP contribution is 2.24. The van der Waals surface area contributed by atoms with Crippen LogP contribution in [0.3, 0.4) is 0 Å². The summed E-state index contributed by atoms with van der Waals surface area (Å²) in [5.74, 6) is 0. The molecule has 2 rings (SSSR count). The van der Waals surface area contributed by atoms with Crippen LogP contribution in [0.2, 0.25) is 0 Å². The number of nitrogens with one attached hydrogen (secondary N) is 1. The van der Waals surface area contributed by atoms with E-state index in [4.69, 9.17) is 0 Å². The van der Waals surface area contributed by atoms with Gasteiger partial charge >= 0.3 is 0 Å². The number of rotatable bonds is 4. The fraction of sp³-hybridized carbons (Fsp3) is 0.133. The lowest BCUT2D eigenvalue weighted by atomic mass is 10.1. The zero-order chi connectivity index (χ0) is 14.5. The van der Waals surface area contributed by atoms with Crippen LogP contribution >= 0.6 is 15.9 Å². The predicted molar refractivity (Wildman–Crippen MR) is 77.5 cm³/mol. The molecule has 0 fully saturated rings. The molecule has 0 spiro atoms. The summed E-state index contributed by atoms with van der Waals surface area (Å²) in [6.07, 6.45) is -2.50. The van der Waals surface area contributed by atoms with E-state index >= 15 is 0 Å². The van der Waals surface area contributed by atoms with Gasteiger partial charge in [-0.1, -0.05) is 40.2 Å². The first kappa shape index (κ1) is 14.5. The first-order valence-corrected chi connectivity index (χ1v) is 6.69. The smallest absolute Gasteiger partial charge is 0.263 e. The van der Waals surface area contributed by atoms with Crippen molar-refractivity contribution in [3.8, 4) is 6.07 Å². The highest BCUT2D eigenvalue weighted by molar-refractivity contribution is 9.10. The maximum absolute atomic E-state index is 12.5. The molecular weight excluding hydrogens is 326 g/mol. The molecule has 5 heteroatoms. The van der Waals surface area contributed by atoms with Gasteiger partial charge in [-0.15, -0.1) is 0 Å². The topological polar surface area (TPSA) is 35.8 Å².